The van der Waals surface area contributed by atoms with Crippen LogP contribution >= 0.6 is 0 Å². The molecule has 0 radical (unpaired) electrons. The first-order chi connectivity index (χ1) is 9.22. The van der Waals surface area contributed by atoms with E-state index in [9.17, 15) is 4.39 Å². The van der Waals surface area contributed by atoms with E-state index in [1.807, 2.05) is 12.1 Å². The molecule has 1 aromatic carbocycles. The second-order valence-electron chi connectivity index (χ2n) is 6.18. The molecule has 2 nitrogen and oxygen atoms in total. The van der Waals surface area contributed by atoms with Crippen LogP contribution in [0.5, 0.6) is 0 Å². The molecule has 0 bridgehead atoms. The molecule has 2 aliphatic rings. The fraction of sp³-hybridized carbons (Fsp3) is 0.625. The molecule has 1 saturated heterocycles. The lowest BCUT2D eigenvalue weighted by molar-refractivity contribution is 0.226. The average molecular weight is 262 g/mol. The van der Waals surface area contributed by atoms with Crippen LogP contribution in [-0.2, 0) is 6.54 Å². The summed E-state index contributed by atoms with van der Waals surface area (Å²) in [7, 11) is 0. The van der Waals surface area contributed by atoms with Crippen molar-refractivity contribution < 1.29 is 4.39 Å². The minimum Gasteiger partial charge on any atom is -0.369 e. The smallest absolute Gasteiger partial charge is 0.146 e. The minimum absolute atomic E-state index is 0.120. The molecule has 1 heterocycles. The maximum atomic E-state index is 14.1. The molecule has 3 rings (SSSR count). The first-order valence-corrected chi connectivity index (χ1v) is 7.46. The highest BCUT2D eigenvalue weighted by atomic mass is 19.1. The molecule has 104 valence electrons. The van der Waals surface area contributed by atoms with Crippen molar-refractivity contribution in [2.75, 3.05) is 18.0 Å². The van der Waals surface area contributed by atoms with Gasteiger partial charge in [0.25, 0.3) is 0 Å². The van der Waals surface area contributed by atoms with Crippen LogP contribution in [0.15, 0.2) is 18.2 Å². The van der Waals surface area contributed by atoms with Crippen LogP contribution in [0, 0.1) is 11.2 Å². The highest BCUT2D eigenvalue weighted by molar-refractivity contribution is 5.49. The molecule has 1 saturated carbocycles. The second kappa shape index (κ2) is 5.12. The van der Waals surface area contributed by atoms with Crippen LogP contribution in [-0.4, -0.2) is 13.1 Å². The van der Waals surface area contributed by atoms with Gasteiger partial charge in [0.2, 0.25) is 0 Å². The van der Waals surface area contributed by atoms with Gasteiger partial charge < -0.3 is 10.6 Å². The summed E-state index contributed by atoms with van der Waals surface area (Å²) in [6.45, 7) is 2.40. The average Bonchev–Trinajstić information content (AvgIpc) is 2.88. The second-order valence-corrected chi connectivity index (χ2v) is 6.18. The van der Waals surface area contributed by atoms with E-state index in [2.05, 4.69) is 4.90 Å². The third kappa shape index (κ3) is 2.48. The van der Waals surface area contributed by atoms with Crippen LogP contribution in [0.2, 0.25) is 0 Å². The first kappa shape index (κ1) is 12.9. The quantitative estimate of drug-likeness (QED) is 0.884. The van der Waals surface area contributed by atoms with E-state index < -0.39 is 0 Å². The summed E-state index contributed by atoms with van der Waals surface area (Å²) in [6, 6.07) is 5.41. The van der Waals surface area contributed by atoms with Crippen molar-refractivity contribution in [2.24, 2.45) is 11.1 Å². The maximum absolute atomic E-state index is 14.1. The molecular weight excluding hydrogens is 239 g/mol. The van der Waals surface area contributed by atoms with Crippen LogP contribution in [0.1, 0.15) is 44.1 Å². The van der Waals surface area contributed by atoms with Crippen LogP contribution in [0.4, 0.5) is 10.1 Å². The maximum Gasteiger partial charge on any atom is 0.146 e. The molecule has 19 heavy (non-hydrogen) atoms. The van der Waals surface area contributed by atoms with Crippen LogP contribution in [0.25, 0.3) is 0 Å². The summed E-state index contributed by atoms with van der Waals surface area (Å²) in [5.74, 6) is -0.120. The molecule has 0 amide bonds. The summed E-state index contributed by atoms with van der Waals surface area (Å²) >= 11 is 0. The third-order valence-electron chi connectivity index (χ3n) is 5.08. The van der Waals surface area contributed by atoms with Crippen molar-refractivity contribution >= 4 is 5.69 Å². The molecule has 2 fully saturated rings. The van der Waals surface area contributed by atoms with E-state index in [1.54, 1.807) is 6.07 Å². The predicted octanol–water partition coefficient (Wildman–Crippen LogP) is 3.45. The lowest BCUT2D eigenvalue weighted by Gasteiger charge is -2.40. The van der Waals surface area contributed by atoms with Gasteiger partial charge in [-0.15, -0.1) is 0 Å². The normalized spacial score (nSPS) is 22.1. The van der Waals surface area contributed by atoms with Crippen LogP contribution in [0.3, 0.4) is 0 Å². The van der Waals surface area contributed by atoms with Gasteiger partial charge in [0.15, 0.2) is 0 Å². The highest BCUT2D eigenvalue weighted by Gasteiger charge is 2.37. The van der Waals surface area contributed by atoms with Gasteiger partial charge in [-0.3, -0.25) is 0 Å². The number of hydrogen-bond acceptors (Lipinski definition) is 2. The molecular formula is C16H23FN2. The predicted molar refractivity (Wildman–Crippen MR) is 76.6 cm³/mol. The molecule has 0 atom stereocenters. The van der Waals surface area contributed by atoms with Gasteiger partial charge in [-0.2, -0.15) is 0 Å². The molecule has 0 aromatic heterocycles. The minimum atomic E-state index is -0.120. The van der Waals surface area contributed by atoms with E-state index >= 15 is 0 Å². The zero-order valence-corrected chi connectivity index (χ0v) is 11.5. The van der Waals surface area contributed by atoms with E-state index in [0.29, 0.717) is 12.0 Å². The monoisotopic (exact) mass is 262 g/mol. The van der Waals surface area contributed by atoms with E-state index in [4.69, 9.17) is 5.73 Å². The fourth-order valence-electron chi connectivity index (χ4n) is 3.78. The standard InChI is InChI=1S/C16H23FN2/c17-14-11-13(12-18)3-4-15(14)19-9-7-16(8-10-19)5-1-2-6-16/h3-4,11H,1-2,5-10,12,18H2. The number of hydrogen-bond donors (Lipinski definition) is 1. The largest absolute Gasteiger partial charge is 0.369 e. The topological polar surface area (TPSA) is 29.3 Å². The van der Waals surface area contributed by atoms with Crippen molar-refractivity contribution in [1.82, 2.24) is 0 Å². The van der Waals surface area contributed by atoms with Crippen molar-refractivity contribution in [2.45, 2.75) is 45.1 Å². The summed E-state index contributed by atoms with van der Waals surface area (Å²) < 4.78 is 14.1. The van der Waals surface area contributed by atoms with E-state index in [1.165, 1.54) is 38.5 Å². The van der Waals surface area contributed by atoms with E-state index in [-0.39, 0.29) is 5.82 Å². The molecule has 1 aliphatic heterocycles. The summed E-state index contributed by atoms with van der Waals surface area (Å²) in [5.41, 5.74) is 7.75. The first-order valence-electron chi connectivity index (χ1n) is 7.46. The number of halogens is 1. The molecule has 1 aromatic rings. The Hall–Kier alpha value is -1.09. The van der Waals surface area contributed by atoms with Crippen molar-refractivity contribution in [3.63, 3.8) is 0 Å². The summed E-state index contributed by atoms with van der Waals surface area (Å²) in [6.07, 6.45) is 8.00. The van der Waals surface area contributed by atoms with Crippen molar-refractivity contribution in [1.29, 1.82) is 0 Å². The van der Waals surface area contributed by atoms with E-state index in [0.717, 1.165) is 24.3 Å². The fourth-order valence-corrected chi connectivity index (χ4v) is 3.78. The zero-order chi connectivity index (χ0) is 13.3. The molecule has 1 spiro atoms. The number of benzene rings is 1. The Bertz CT molecular complexity index is 442. The Labute approximate surface area is 114 Å². The summed E-state index contributed by atoms with van der Waals surface area (Å²) in [4.78, 5) is 2.21. The third-order valence-corrected chi connectivity index (χ3v) is 5.08. The van der Waals surface area contributed by atoms with Gasteiger partial charge >= 0.3 is 0 Å². The molecule has 1 aliphatic carbocycles. The Morgan fingerprint density at radius 3 is 2.37 bits per heavy atom. The number of anilines is 1. The zero-order valence-electron chi connectivity index (χ0n) is 11.5. The lowest BCUT2D eigenvalue weighted by atomic mass is 9.77. The number of piperidine rings is 1. The van der Waals surface area contributed by atoms with Crippen molar-refractivity contribution in [3.05, 3.63) is 29.6 Å². The SMILES string of the molecule is NCc1ccc(N2CCC3(CCCC3)CC2)c(F)c1. The van der Waals surface area contributed by atoms with Gasteiger partial charge in [-0.1, -0.05) is 18.9 Å². The Morgan fingerprint density at radius 2 is 1.79 bits per heavy atom. The van der Waals surface area contributed by atoms with Gasteiger partial charge in [-0.05, 0) is 48.8 Å². The number of rotatable bonds is 2. The lowest BCUT2D eigenvalue weighted by Crippen LogP contribution is -2.39. The van der Waals surface area contributed by atoms with Gasteiger partial charge in [0.1, 0.15) is 5.82 Å². The van der Waals surface area contributed by atoms with Crippen molar-refractivity contribution in [3.8, 4) is 0 Å². The Balaban J connectivity index is 1.71. The number of nitrogens with two attached hydrogens (primary N) is 1. The Kier molecular flexibility index (Phi) is 3.48. The summed E-state index contributed by atoms with van der Waals surface area (Å²) in [5, 5.41) is 0. The number of nitrogens with zero attached hydrogens (tertiary/aromatic N) is 1. The Morgan fingerprint density at radius 1 is 1.11 bits per heavy atom. The molecule has 2 N–H and O–H groups in total. The molecule has 3 heteroatoms. The highest BCUT2D eigenvalue weighted by Crippen LogP contribution is 2.46. The van der Waals surface area contributed by atoms with Crippen LogP contribution < -0.4 is 10.6 Å². The van der Waals surface area contributed by atoms with Gasteiger partial charge in [0.05, 0.1) is 5.69 Å². The van der Waals surface area contributed by atoms with Gasteiger partial charge in [0, 0.05) is 19.6 Å². The molecule has 0 unspecified atom stereocenters. The van der Waals surface area contributed by atoms with Gasteiger partial charge in [-0.25, -0.2) is 4.39 Å².